The predicted octanol–water partition coefficient (Wildman–Crippen LogP) is 3.41. The fourth-order valence-corrected chi connectivity index (χ4v) is 4.37. The van der Waals surface area contributed by atoms with E-state index in [0.717, 1.165) is 11.3 Å². The molecule has 2 aromatic rings. The number of ether oxygens (including phenoxy) is 1. The zero-order valence-corrected chi connectivity index (χ0v) is 15.6. The molecule has 0 bridgehead atoms. The minimum absolute atomic E-state index is 0.270. The molecule has 1 saturated heterocycles. The van der Waals surface area contributed by atoms with Crippen molar-refractivity contribution in [1.29, 1.82) is 0 Å². The zero-order valence-electron chi connectivity index (χ0n) is 14.8. The Balaban J connectivity index is 1.79. The summed E-state index contributed by atoms with van der Waals surface area (Å²) in [6, 6.07) is 15.0. The van der Waals surface area contributed by atoms with Gasteiger partial charge in [0, 0.05) is 23.5 Å². The van der Waals surface area contributed by atoms with E-state index in [9.17, 15) is 8.42 Å². The Hall–Kier alpha value is -2.05. The number of sulfonamides is 1. The van der Waals surface area contributed by atoms with Gasteiger partial charge in [-0.1, -0.05) is 12.1 Å². The second kappa shape index (κ2) is 7.06. The molecule has 0 aliphatic carbocycles. The van der Waals surface area contributed by atoms with Crippen LogP contribution in [0.4, 0.5) is 11.4 Å². The summed E-state index contributed by atoms with van der Waals surface area (Å²) in [4.78, 5) is 2.58. The molecule has 1 N–H and O–H groups in total. The molecule has 6 heteroatoms. The van der Waals surface area contributed by atoms with Crippen LogP contribution in [-0.2, 0) is 14.8 Å². The van der Waals surface area contributed by atoms with Crippen molar-refractivity contribution in [3.63, 3.8) is 0 Å². The molecular weight excluding hydrogens is 336 g/mol. The Kier molecular flexibility index (Phi) is 5.01. The van der Waals surface area contributed by atoms with Crippen LogP contribution < -0.4 is 9.62 Å². The maximum atomic E-state index is 12.5. The highest BCUT2D eigenvalue weighted by Gasteiger charge is 2.25. The van der Waals surface area contributed by atoms with E-state index in [-0.39, 0.29) is 4.90 Å². The SMILES string of the molecule is Cc1cccc(S(=O)(=O)Nc2ccc(N3C(C)COCC3C)cc2)c1. The Morgan fingerprint density at radius 2 is 1.68 bits per heavy atom. The molecule has 134 valence electrons. The van der Waals surface area contributed by atoms with Crippen molar-refractivity contribution in [2.45, 2.75) is 37.8 Å². The van der Waals surface area contributed by atoms with Crippen molar-refractivity contribution in [1.82, 2.24) is 0 Å². The number of anilines is 2. The van der Waals surface area contributed by atoms with Gasteiger partial charge in [0.05, 0.1) is 18.1 Å². The Bertz CT molecular complexity index is 824. The van der Waals surface area contributed by atoms with Crippen LogP contribution in [0.3, 0.4) is 0 Å². The third kappa shape index (κ3) is 3.96. The third-order valence-corrected chi connectivity index (χ3v) is 5.76. The highest BCUT2D eigenvalue weighted by Crippen LogP contribution is 2.26. The van der Waals surface area contributed by atoms with E-state index in [1.54, 1.807) is 30.3 Å². The van der Waals surface area contributed by atoms with E-state index in [4.69, 9.17) is 4.74 Å². The number of nitrogens with zero attached hydrogens (tertiary/aromatic N) is 1. The van der Waals surface area contributed by atoms with E-state index in [1.165, 1.54) is 0 Å². The highest BCUT2D eigenvalue weighted by molar-refractivity contribution is 7.92. The molecule has 2 aromatic carbocycles. The average Bonchev–Trinajstić information content (AvgIpc) is 2.56. The predicted molar refractivity (Wildman–Crippen MR) is 101 cm³/mol. The molecule has 1 heterocycles. The second-order valence-corrected chi connectivity index (χ2v) is 8.29. The largest absolute Gasteiger partial charge is 0.377 e. The summed E-state index contributed by atoms with van der Waals surface area (Å²) in [6.07, 6.45) is 0. The standard InChI is InChI=1S/C19H24N2O3S/c1-14-5-4-6-19(11-14)25(22,23)20-17-7-9-18(10-8-17)21-15(2)12-24-13-16(21)3/h4-11,15-16,20H,12-13H2,1-3H3. The summed E-state index contributed by atoms with van der Waals surface area (Å²) < 4.78 is 33.2. The van der Waals surface area contributed by atoms with E-state index < -0.39 is 10.0 Å². The molecule has 3 rings (SSSR count). The van der Waals surface area contributed by atoms with Crippen LogP contribution >= 0.6 is 0 Å². The first-order chi connectivity index (χ1) is 11.9. The van der Waals surface area contributed by atoms with Gasteiger partial charge in [-0.2, -0.15) is 0 Å². The van der Waals surface area contributed by atoms with Crippen LogP contribution in [-0.4, -0.2) is 33.7 Å². The van der Waals surface area contributed by atoms with Crippen molar-refractivity contribution in [3.8, 4) is 0 Å². The normalized spacial score (nSPS) is 21.2. The Morgan fingerprint density at radius 3 is 2.28 bits per heavy atom. The lowest BCUT2D eigenvalue weighted by Gasteiger charge is -2.40. The second-order valence-electron chi connectivity index (χ2n) is 6.61. The monoisotopic (exact) mass is 360 g/mol. The first kappa shape index (κ1) is 17.8. The first-order valence-corrected chi connectivity index (χ1v) is 9.91. The van der Waals surface area contributed by atoms with Crippen molar-refractivity contribution in [2.75, 3.05) is 22.8 Å². The van der Waals surface area contributed by atoms with Gasteiger partial charge in [-0.05, 0) is 62.7 Å². The van der Waals surface area contributed by atoms with E-state index in [0.29, 0.717) is 31.0 Å². The molecule has 1 aliphatic rings. The van der Waals surface area contributed by atoms with Gasteiger partial charge in [-0.15, -0.1) is 0 Å². The van der Waals surface area contributed by atoms with Gasteiger partial charge in [-0.25, -0.2) is 8.42 Å². The van der Waals surface area contributed by atoms with Gasteiger partial charge in [0.1, 0.15) is 0 Å². The van der Waals surface area contributed by atoms with Crippen molar-refractivity contribution >= 4 is 21.4 Å². The number of aryl methyl sites for hydroxylation is 1. The number of rotatable bonds is 4. The van der Waals surface area contributed by atoms with E-state index >= 15 is 0 Å². The Morgan fingerprint density at radius 1 is 1.04 bits per heavy atom. The van der Waals surface area contributed by atoms with Gasteiger partial charge in [0.25, 0.3) is 10.0 Å². The summed E-state index contributed by atoms with van der Waals surface area (Å²) >= 11 is 0. The minimum atomic E-state index is -3.58. The molecule has 25 heavy (non-hydrogen) atoms. The lowest BCUT2D eigenvalue weighted by atomic mass is 10.1. The smallest absolute Gasteiger partial charge is 0.261 e. The maximum absolute atomic E-state index is 12.5. The molecule has 1 aliphatic heterocycles. The minimum Gasteiger partial charge on any atom is -0.377 e. The molecule has 2 unspecified atom stereocenters. The molecule has 5 nitrogen and oxygen atoms in total. The van der Waals surface area contributed by atoms with Gasteiger partial charge in [0.2, 0.25) is 0 Å². The van der Waals surface area contributed by atoms with Gasteiger partial charge in [-0.3, -0.25) is 4.72 Å². The number of hydrogen-bond acceptors (Lipinski definition) is 4. The lowest BCUT2D eigenvalue weighted by Crippen LogP contribution is -2.49. The van der Waals surface area contributed by atoms with Gasteiger partial charge >= 0.3 is 0 Å². The van der Waals surface area contributed by atoms with Crippen LogP contribution in [0.5, 0.6) is 0 Å². The summed E-state index contributed by atoms with van der Waals surface area (Å²) in [5, 5.41) is 0. The molecule has 0 radical (unpaired) electrons. The Labute approximate surface area is 149 Å². The third-order valence-electron chi connectivity index (χ3n) is 4.39. The molecule has 0 amide bonds. The van der Waals surface area contributed by atoms with Crippen molar-refractivity contribution in [2.24, 2.45) is 0 Å². The first-order valence-electron chi connectivity index (χ1n) is 8.42. The number of benzene rings is 2. The maximum Gasteiger partial charge on any atom is 0.261 e. The fraction of sp³-hybridized carbons (Fsp3) is 0.368. The van der Waals surface area contributed by atoms with Crippen LogP contribution in [0.1, 0.15) is 19.4 Å². The lowest BCUT2D eigenvalue weighted by molar-refractivity contribution is 0.0757. The number of morpholine rings is 1. The zero-order chi connectivity index (χ0) is 18.0. The molecule has 0 saturated carbocycles. The van der Waals surface area contributed by atoms with Crippen molar-refractivity contribution < 1.29 is 13.2 Å². The average molecular weight is 360 g/mol. The van der Waals surface area contributed by atoms with Crippen LogP contribution in [0.25, 0.3) is 0 Å². The summed E-state index contributed by atoms with van der Waals surface area (Å²) in [6.45, 7) is 7.53. The summed E-state index contributed by atoms with van der Waals surface area (Å²) in [5.41, 5.74) is 2.54. The van der Waals surface area contributed by atoms with Crippen LogP contribution in [0.2, 0.25) is 0 Å². The number of hydrogen-bond donors (Lipinski definition) is 1. The van der Waals surface area contributed by atoms with Gasteiger partial charge in [0.15, 0.2) is 0 Å². The molecule has 1 fully saturated rings. The molecule has 0 aromatic heterocycles. The fourth-order valence-electron chi connectivity index (χ4n) is 3.21. The molecule has 0 spiro atoms. The van der Waals surface area contributed by atoms with E-state index in [2.05, 4.69) is 23.5 Å². The molecular formula is C19H24N2O3S. The topological polar surface area (TPSA) is 58.6 Å². The quantitative estimate of drug-likeness (QED) is 0.908. The van der Waals surface area contributed by atoms with E-state index in [1.807, 2.05) is 25.1 Å². The highest BCUT2D eigenvalue weighted by atomic mass is 32.2. The van der Waals surface area contributed by atoms with Crippen LogP contribution in [0.15, 0.2) is 53.4 Å². The summed E-state index contributed by atoms with van der Waals surface area (Å²) in [7, 11) is -3.58. The van der Waals surface area contributed by atoms with Crippen LogP contribution in [0, 0.1) is 6.92 Å². The van der Waals surface area contributed by atoms with Gasteiger partial charge < -0.3 is 9.64 Å². The number of nitrogens with one attached hydrogen (secondary N) is 1. The molecule has 2 atom stereocenters. The summed E-state index contributed by atoms with van der Waals surface area (Å²) in [5.74, 6) is 0. The van der Waals surface area contributed by atoms with Crippen molar-refractivity contribution in [3.05, 3.63) is 54.1 Å².